The lowest BCUT2D eigenvalue weighted by Gasteiger charge is -2.23. The van der Waals surface area contributed by atoms with Gasteiger partial charge in [0.1, 0.15) is 11.4 Å². The molecule has 1 unspecified atom stereocenters. The second-order valence-electron chi connectivity index (χ2n) is 7.06. The normalized spacial score (nSPS) is 18.1. The van der Waals surface area contributed by atoms with E-state index in [4.69, 9.17) is 4.74 Å². The highest BCUT2D eigenvalue weighted by atomic mass is 19.4. The highest BCUT2D eigenvalue weighted by Gasteiger charge is 2.36. The maximum Gasteiger partial charge on any atom is 0.433 e. The van der Waals surface area contributed by atoms with Crippen LogP contribution >= 0.6 is 0 Å². The number of halogens is 3. The number of likely N-dealkylation sites (tertiary alicyclic amines) is 1. The van der Waals surface area contributed by atoms with Gasteiger partial charge in [-0.1, -0.05) is 18.2 Å². The molecular formula is C20H21F3N4O. The van der Waals surface area contributed by atoms with Crippen molar-refractivity contribution in [3.05, 3.63) is 59.0 Å². The summed E-state index contributed by atoms with van der Waals surface area (Å²) in [7, 11) is 1.63. The van der Waals surface area contributed by atoms with Gasteiger partial charge in [-0.2, -0.15) is 18.3 Å². The van der Waals surface area contributed by atoms with Crippen LogP contribution < -0.4 is 4.74 Å². The molecule has 1 fully saturated rings. The van der Waals surface area contributed by atoms with Crippen molar-refractivity contribution >= 4 is 5.65 Å². The van der Waals surface area contributed by atoms with E-state index in [2.05, 4.69) is 15.0 Å². The van der Waals surface area contributed by atoms with E-state index in [-0.39, 0.29) is 11.7 Å². The number of fused-ring (bicyclic) bond motifs is 1. The number of alkyl halides is 3. The van der Waals surface area contributed by atoms with Gasteiger partial charge in [0.25, 0.3) is 0 Å². The number of methoxy groups -OCH3 is 1. The van der Waals surface area contributed by atoms with Crippen molar-refractivity contribution in [2.24, 2.45) is 0 Å². The molecule has 1 aromatic carbocycles. The molecular weight excluding hydrogens is 369 g/mol. The number of para-hydroxylation sites is 1. The second kappa shape index (κ2) is 7.09. The van der Waals surface area contributed by atoms with Crippen LogP contribution in [0.4, 0.5) is 13.2 Å². The molecule has 0 radical (unpaired) electrons. The molecule has 3 heterocycles. The zero-order valence-electron chi connectivity index (χ0n) is 15.7. The number of nitrogens with zero attached hydrogens (tertiary/aromatic N) is 4. The summed E-state index contributed by atoms with van der Waals surface area (Å²) in [4.78, 5) is 6.48. The molecule has 28 heavy (non-hydrogen) atoms. The summed E-state index contributed by atoms with van der Waals surface area (Å²) in [6.45, 7) is 3.07. The Morgan fingerprint density at radius 3 is 2.75 bits per heavy atom. The number of ether oxygens (including phenoxy) is 1. The van der Waals surface area contributed by atoms with Gasteiger partial charge in [0.2, 0.25) is 0 Å². The fourth-order valence-corrected chi connectivity index (χ4v) is 3.89. The van der Waals surface area contributed by atoms with Gasteiger partial charge in [0.15, 0.2) is 5.65 Å². The number of benzene rings is 1. The number of aromatic nitrogens is 3. The predicted molar refractivity (Wildman–Crippen MR) is 98.1 cm³/mol. The molecule has 2 aromatic heterocycles. The number of hydrogen-bond acceptors (Lipinski definition) is 4. The van der Waals surface area contributed by atoms with Crippen molar-refractivity contribution in [2.45, 2.75) is 38.5 Å². The zero-order chi connectivity index (χ0) is 19.9. The van der Waals surface area contributed by atoms with E-state index in [1.54, 1.807) is 20.1 Å². The molecule has 148 valence electrons. The van der Waals surface area contributed by atoms with Crippen LogP contribution in [0, 0.1) is 6.92 Å². The van der Waals surface area contributed by atoms with Gasteiger partial charge in [0, 0.05) is 23.9 Å². The van der Waals surface area contributed by atoms with E-state index < -0.39 is 11.9 Å². The van der Waals surface area contributed by atoms with Crippen LogP contribution in [0.15, 0.2) is 36.4 Å². The lowest BCUT2D eigenvalue weighted by molar-refractivity contribution is -0.142. The van der Waals surface area contributed by atoms with Crippen LogP contribution in [0.25, 0.3) is 5.65 Å². The molecule has 1 aliphatic rings. The SMILES string of the molecule is COc1ccccc1CN1CCCC1c1cc2nc(C)cc(C(F)(F)F)n2n1. The van der Waals surface area contributed by atoms with Gasteiger partial charge in [-0.3, -0.25) is 4.90 Å². The summed E-state index contributed by atoms with van der Waals surface area (Å²) in [5, 5.41) is 4.30. The third kappa shape index (κ3) is 3.44. The van der Waals surface area contributed by atoms with Crippen molar-refractivity contribution in [1.29, 1.82) is 0 Å². The minimum atomic E-state index is -4.48. The van der Waals surface area contributed by atoms with Crippen molar-refractivity contribution in [3.63, 3.8) is 0 Å². The molecule has 0 N–H and O–H groups in total. The van der Waals surface area contributed by atoms with E-state index >= 15 is 0 Å². The number of aryl methyl sites for hydroxylation is 1. The Morgan fingerprint density at radius 1 is 1.21 bits per heavy atom. The Kier molecular flexibility index (Phi) is 4.74. The fourth-order valence-electron chi connectivity index (χ4n) is 3.89. The summed E-state index contributed by atoms with van der Waals surface area (Å²) in [6.07, 6.45) is -2.67. The Hall–Kier alpha value is -2.61. The third-order valence-corrected chi connectivity index (χ3v) is 5.14. The van der Waals surface area contributed by atoms with Crippen molar-refractivity contribution in [3.8, 4) is 5.75 Å². The fraction of sp³-hybridized carbons (Fsp3) is 0.400. The van der Waals surface area contributed by atoms with Crippen LogP contribution in [0.1, 0.15) is 41.5 Å². The minimum Gasteiger partial charge on any atom is -0.496 e. The van der Waals surface area contributed by atoms with Crippen LogP contribution in [0.2, 0.25) is 0 Å². The summed E-state index contributed by atoms with van der Waals surface area (Å²) in [5.41, 5.74) is 1.42. The quantitative estimate of drug-likeness (QED) is 0.662. The lowest BCUT2D eigenvalue weighted by atomic mass is 10.1. The van der Waals surface area contributed by atoms with E-state index in [9.17, 15) is 13.2 Å². The number of rotatable bonds is 4. The van der Waals surface area contributed by atoms with Crippen LogP contribution in [-0.2, 0) is 12.7 Å². The average Bonchev–Trinajstić information content (AvgIpc) is 3.26. The van der Waals surface area contributed by atoms with Crippen molar-refractivity contribution in [1.82, 2.24) is 19.5 Å². The molecule has 5 nitrogen and oxygen atoms in total. The predicted octanol–water partition coefficient (Wildman–Crippen LogP) is 4.40. The monoisotopic (exact) mass is 390 g/mol. The first-order valence-corrected chi connectivity index (χ1v) is 9.17. The lowest BCUT2D eigenvalue weighted by Crippen LogP contribution is -2.23. The first-order chi connectivity index (χ1) is 13.4. The molecule has 0 bridgehead atoms. The number of hydrogen-bond donors (Lipinski definition) is 0. The van der Waals surface area contributed by atoms with E-state index in [0.29, 0.717) is 17.9 Å². The molecule has 0 spiro atoms. The summed E-state index contributed by atoms with van der Waals surface area (Å²) in [5.74, 6) is 0.805. The van der Waals surface area contributed by atoms with Crippen molar-refractivity contribution in [2.75, 3.05) is 13.7 Å². The molecule has 0 amide bonds. The van der Waals surface area contributed by atoms with Gasteiger partial charge in [-0.15, -0.1) is 0 Å². The van der Waals surface area contributed by atoms with Gasteiger partial charge in [0.05, 0.1) is 18.8 Å². The average molecular weight is 390 g/mol. The third-order valence-electron chi connectivity index (χ3n) is 5.14. The largest absolute Gasteiger partial charge is 0.496 e. The smallest absolute Gasteiger partial charge is 0.433 e. The second-order valence-corrected chi connectivity index (χ2v) is 7.06. The highest BCUT2D eigenvalue weighted by Crippen LogP contribution is 2.36. The standard InChI is InChI=1S/C20H21F3N4O/c1-13-10-18(20(21,22)23)27-19(24-13)11-15(25-27)16-7-5-9-26(16)12-14-6-3-4-8-17(14)28-2/h3-4,6,8,10-11,16H,5,7,9,12H2,1-2H3. The van der Waals surface area contributed by atoms with E-state index in [1.807, 2.05) is 24.3 Å². The first-order valence-electron chi connectivity index (χ1n) is 9.17. The van der Waals surface area contributed by atoms with Crippen LogP contribution in [0.3, 0.4) is 0 Å². The Bertz CT molecular complexity index is 999. The Morgan fingerprint density at radius 2 is 2.00 bits per heavy atom. The molecule has 0 saturated carbocycles. The van der Waals surface area contributed by atoms with Gasteiger partial charge in [-0.25, -0.2) is 9.50 Å². The Labute approximate surface area is 160 Å². The molecule has 0 aliphatic carbocycles. The zero-order valence-corrected chi connectivity index (χ0v) is 15.7. The molecule has 4 rings (SSSR count). The summed E-state index contributed by atoms with van der Waals surface area (Å²) in [6, 6.07) is 10.4. The van der Waals surface area contributed by atoms with Crippen LogP contribution in [-0.4, -0.2) is 33.2 Å². The van der Waals surface area contributed by atoms with E-state index in [0.717, 1.165) is 41.3 Å². The van der Waals surface area contributed by atoms with Crippen molar-refractivity contribution < 1.29 is 17.9 Å². The Balaban J connectivity index is 1.69. The minimum absolute atomic E-state index is 0.0481. The van der Waals surface area contributed by atoms with Gasteiger partial charge in [-0.05, 0) is 38.4 Å². The summed E-state index contributed by atoms with van der Waals surface area (Å²) >= 11 is 0. The maximum absolute atomic E-state index is 13.4. The van der Waals surface area contributed by atoms with E-state index in [1.165, 1.54) is 0 Å². The highest BCUT2D eigenvalue weighted by molar-refractivity contribution is 5.43. The van der Waals surface area contributed by atoms with Gasteiger partial charge >= 0.3 is 6.18 Å². The van der Waals surface area contributed by atoms with Gasteiger partial charge < -0.3 is 4.74 Å². The topological polar surface area (TPSA) is 42.7 Å². The maximum atomic E-state index is 13.4. The first kappa shape index (κ1) is 18.7. The molecule has 8 heteroatoms. The molecule has 1 aliphatic heterocycles. The van der Waals surface area contributed by atoms with Crippen LogP contribution in [0.5, 0.6) is 5.75 Å². The molecule has 1 atom stereocenters. The molecule has 3 aromatic rings. The summed E-state index contributed by atoms with van der Waals surface area (Å²) < 4.78 is 46.6. The molecule has 1 saturated heterocycles.